The molecule has 0 N–H and O–H groups in total. The molecule has 5 nitrogen and oxygen atoms in total. The fourth-order valence-corrected chi connectivity index (χ4v) is 4.04. The molecule has 0 spiro atoms. The van der Waals surface area contributed by atoms with Crippen molar-refractivity contribution in [3.63, 3.8) is 0 Å². The maximum Gasteiger partial charge on any atom is 0.277 e. The number of hydrogen-bond acceptors (Lipinski definition) is 3. The zero-order valence-electron chi connectivity index (χ0n) is 14.5. The van der Waals surface area contributed by atoms with Crippen molar-refractivity contribution in [1.82, 2.24) is 9.55 Å². The number of carbonyl (C=O) groups is 1. The highest BCUT2D eigenvalue weighted by Crippen LogP contribution is 2.36. The van der Waals surface area contributed by atoms with E-state index in [1.807, 2.05) is 30.0 Å². The Morgan fingerprint density at radius 2 is 2.17 bits per heavy atom. The van der Waals surface area contributed by atoms with Crippen LogP contribution in [0.1, 0.15) is 47.3 Å². The minimum atomic E-state index is 0.0737. The molecule has 0 saturated carbocycles. The molecule has 2 aromatic rings. The Balaban J connectivity index is 1.75. The molecule has 24 heavy (non-hydrogen) atoms. The Kier molecular flexibility index (Phi) is 3.59. The number of ether oxygens (including phenoxy) is 1. The first-order chi connectivity index (χ1) is 11.6. The average Bonchev–Trinajstić information content (AvgIpc) is 3.08. The molecule has 0 aliphatic carbocycles. The number of aromatic nitrogens is 2. The predicted molar refractivity (Wildman–Crippen MR) is 92.9 cm³/mol. The number of methoxy groups -OCH3 is 1. The predicted octanol–water partition coefficient (Wildman–Crippen LogP) is 3.13. The number of benzene rings is 1. The van der Waals surface area contributed by atoms with E-state index in [0.717, 1.165) is 60.9 Å². The SMILES string of the molecule is COc1ccc2c(c1)CC(C)N2C(=O)c1c(C)nc2n1CCCC2. The van der Waals surface area contributed by atoms with Gasteiger partial charge in [0.2, 0.25) is 0 Å². The monoisotopic (exact) mass is 325 g/mol. The number of amides is 1. The third-order valence-corrected chi connectivity index (χ3v) is 5.18. The van der Waals surface area contributed by atoms with Crippen LogP contribution in [0.5, 0.6) is 5.75 Å². The van der Waals surface area contributed by atoms with Crippen molar-refractivity contribution >= 4 is 11.6 Å². The number of fused-ring (bicyclic) bond motifs is 2. The second-order valence-electron chi connectivity index (χ2n) is 6.79. The van der Waals surface area contributed by atoms with E-state index < -0.39 is 0 Å². The highest BCUT2D eigenvalue weighted by atomic mass is 16.5. The van der Waals surface area contributed by atoms with E-state index in [0.29, 0.717) is 0 Å². The highest BCUT2D eigenvalue weighted by Gasteiger charge is 2.35. The van der Waals surface area contributed by atoms with E-state index in [1.54, 1.807) is 7.11 Å². The van der Waals surface area contributed by atoms with Crippen molar-refractivity contribution in [2.75, 3.05) is 12.0 Å². The van der Waals surface area contributed by atoms with Gasteiger partial charge in [0.15, 0.2) is 0 Å². The molecular formula is C19H23N3O2. The third kappa shape index (κ3) is 2.22. The Morgan fingerprint density at radius 1 is 1.33 bits per heavy atom. The number of nitrogens with zero attached hydrogens (tertiary/aromatic N) is 3. The van der Waals surface area contributed by atoms with Crippen LogP contribution in [0.4, 0.5) is 5.69 Å². The molecule has 3 heterocycles. The molecule has 2 aliphatic heterocycles. The van der Waals surface area contributed by atoms with Gasteiger partial charge in [-0.25, -0.2) is 4.98 Å². The molecule has 1 atom stereocenters. The molecule has 0 saturated heterocycles. The van der Waals surface area contributed by atoms with Crippen molar-refractivity contribution < 1.29 is 9.53 Å². The van der Waals surface area contributed by atoms with Crippen LogP contribution >= 0.6 is 0 Å². The largest absolute Gasteiger partial charge is 0.497 e. The van der Waals surface area contributed by atoms with Crippen molar-refractivity contribution in [1.29, 1.82) is 0 Å². The Bertz CT molecular complexity index is 809. The van der Waals surface area contributed by atoms with E-state index in [9.17, 15) is 4.79 Å². The fraction of sp³-hybridized carbons (Fsp3) is 0.474. The molecule has 1 aromatic heterocycles. The van der Waals surface area contributed by atoms with Gasteiger partial charge in [-0.15, -0.1) is 0 Å². The van der Waals surface area contributed by atoms with E-state index >= 15 is 0 Å². The minimum Gasteiger partial charge on any atom is -0.497 e. The lowest BCUT2D eigenvalue weighted by molar-refractivity contribution is 0.0970. The van der Waals surface area contributed by atoms with Crippen molar-refractivity contribution in [3.8, 4) is 5.75 Å². The summed E-state index contributed by atoms with van der Waals surface area (Å²) in [5, 5.41) is 0. The van der Waals surface area contributed by atoms with Crippen molar-refractivity contribution in [3.05, 3.63) is 41.0 Å². The van der Waals surface area contributed by atoms with Gasteiger partial charge in [-0.2, -0.15) is 0 Å². The first-order valence-electron chi connectivity index (χ1n) is 8.66. The van der Waals surface area contributed by atoms with Gasteiger partial charge in [0.05, 0.1) is 12.8 Å². The van der Waals surface area contributed by atoms with Gasteiger partial charge in [-0.05, 0) is 56.9 Å². The quantitative estimate of drug-likeness (QED) is 0.852. The van der Waals surface area contributed by atoms with Crippen LogP contribution in [0, 0.1) is 6.92 Å². The first-order valence-corrected chi connectivity index (χ1v) is 8.66. The van der Waals surface area contributed by atoms with Gasteiger partial charge in [0, 0.05) is 24.7 Å². The van der Waals surface area contributed by atoms with E-state index in [2.05, 4.69) is 16.5 Å². The Hall–Kier alpha value is -2.30. The minimum absolute atomic E-state index is 0.0737. The zero-order valence-corrected chi connectivity index (χ0v) is 14.5. The van der Waals surface area contributed by atoms with Gasteiger partial charge in [-0.3, -0.25) is 4.79 Å². The van der Waals surface area contributed by atoms with Crippen LogP contribution in [0.3, 0.4) is 0 Å². The van der Waals surface area contributed by atoms with Gasteiger partial charge in [0.1, 0.15) is 17.3 Å². The molecule has 4 rings (SSSR count). The molecule has 5 heteroatoms. The van der Waals surface area contributed by atoms with E-state index in [4.69, 9.17) is 4.74 Å². The van der Waals surface area contributed by atoms with Crippen LogP contribution in [0.2, 0.25) is 0 Å². The molecule has 1 unspecified atom stereocenters. The highest BCUT2D eigenvalue weighted by molar-refractivity contribution is 6.07. The normalized spacial score (nSPS) is 19.1. The lowest BCUT2D eigenvalue weighted by Gasteiger charge is -2.25. The number of carbonyl (C=O) groups excluding carboxylic acids is 1. The summed E-state index contributed by atoms with van der Waals surface area (Å²) in [6.07, 6.45) is 4.11. The van der Waals surface area contributed by atoms with Crippen LogP contribution in [-0.4, -0.2) is 28.6 Å². The molecule has 0 fully saturated rings. The maximum atomic E-state index is 13.4. The maximum absolute atomic E-state index is 13.4. The number of anilines is 1. The summed E-state index contributed by atoms with van der Waals surface area (Å²) in [4.78, 5) is 19.9. The summed E-state index contributed by atoms with van der Waals surface area (Å²) in [6.45, 7) is 4.95. The smallest absolute Gasteiger partial charge is 0.277 e. The van der Waals surface area contributed by atoms with Crippen LogP contribution in [0.25, 0.3) is 0 Å². The summed E-state index contributed by atoms with van der Waals surface area (Å²) < 4.78 is 7.45. The first kappa shape index (κ1) is 15.2. The number of hydrogen-bond donors (Lipinski definition) is 0. The standard InChI is InChI=1S/C19H23N3O2/c1-12-10-14-11-15(24-3)7-8-16(14)22(12)19(23)18-13(2)20-17-6-4-5-9-21(17)18/h7-8,11-12H,4-6,9-10H2,1-3H3. The summed E-state index contributed by atoms with van der Waals surface area (Å²) >= 11 is 0. The lowest BCUT2D eigenvalue weighted by Crippen LogP contribution is -2.37. The molecule has 2 aliphatic rings. The van der Waals surface area contributed by atoms with Crippen molar-refractivity contribution in [2.45, 2.75) is 52.1 Å². The molecule has 1 aromatic carbocycles. The summed E-state index contributed by atoms with van der Waals surface area (Å²) in [6, 6.07) is 6.11. The number of imidazole rings is 1. The topological polar surface area (TPSA) is 47.4 Å². The van der Waals surface area contributed by atoms with Crippen molar-refractivity contribution in [2.24, 2.45) is 0 Å². The lowest BCUT2D eigenvalue weighted by atomic mass is 10.1. The summed E-state index contributed by atoms with van der Waals surface area (Å²) in [7, 11) is 1.67. The Labute approximate surface area is 142 Å². The summed E-state index contributed by atoms with van der Waals surface area (Å²) in [5.74, 6) is 1.97. The second kappa shape index (κ2) is 5.65. The van der Waals surface area contributed by atoms with Crippen LogP contribution < -0.4 is 9.64 Å². The molecule has 0 bridgehead atoms. The Morgan fingerprint density at radius 3 is 2.96 bits per heavy atom. The average molecular weight is 325 g/mol. The van der Waals surface area contributed by atoms with E-state index in [1.165, 1.54) is 5.56 Å². The molecular weight excluding hydrogens is 302 g/mol. The summed E-state index contributed by atoms with van der Waals surface area (Å²) in [5.41, 5.74) is 3.79. The van der Waals surface area contributed by atoms with Gasteiger partial charge < -0.3 is 14.2 Å². The number of rotatable bonds is 2. The van der Waals surface area contributed by atoms with Crippen LogP contribution in [-0.2, 0) is 19.4 Å². The molecule has 0 radical (unpaired) electrons. The fourth-order valence-electron chi connectivity index (χ4n) is 4.04. The van der Waals surface area contributed by atoms with Gasteiger partial charge in [-0.1, -0.05) is 0 Å². The second-order valence-corrected chi connectivity index (χ2v) is 6.79. The van der Waals surface area contributed by atoms with E-state index in [-0.39, 0.29) is 11.9 Å². The third-order valence-electron chi connectivity index (χ3n) is 5.18. The number of aryl methyl sites for hydroxylation is 2. The molecule has 126 valence electrons. The molecule has 1 amide bonds. The van der Waals surface area contributed by atoms with Gasteiger partial charge >= 0.3 is 0 Å². The zero-order chi connectivity index (χ0) is 16.8. The van der Waals surface area contributed by atoms with Gasteiger partial charge in [0.25, 0.3) is 5.91 Å². The van der Waals surface area contributed by atoms with Crippen LogP contribution in [0.15, 0.2) is 18.2 Å².